The number of nitrogens with one attached hydrogen (secondary N) is 1. The number of rotatable bonds is 4. The number of anilines is 2. The molecule has 27 heavy (non-hydrogen) atoms. The van der Waals surface area contributed by atoms with Crippen molar-refractivity contribution in [3.63, 3.8) is 0 Å². The average molecular weight is 377 g/mol. The largest absolute Gasteiger partial charge is 0.442 e. The van der Waals surface area contributed by atoms with Crippen LogP contribution in [-0.2, 0) is 14.3 Å². The zero-order chi connectivity index (χ0) is 19.2. The summed E-state index contributed by atoms with van der Waals surface area (Å²) in [7, 11) is 0. The Morgan fingerprint density at radius 2 is 2.07 bits per heavy atom. The van der Waals surface area contributed by atoms with E-state index in [-0.39, 0.29) is 30.4 Å². The molecule has 3 aliphatic heterocycles. The van der Waals surface area contributed by atoms with Gasteiger partial charge in [-0.1, -0.05) is 0 Å². The number of epoxide rings is 1. The third kappa shape index (κ3) is 3.45. The number of amides is 2. The molecule has 8 heteroatoms. The number of ether oxygens (including phenoxy) is 2. The molecule has 0 aromatic heterocycles. The molecule has 3 heterocycles. The molecule has 0 aliphatic carbocycles. The van der Waals surface area contributed by atoms with Gasteiger partial charge in [0.1, 0.15) is 11.9 Å². The third-order valence-corrected chi connectivity index (χ3v) is 5.74. The highest BCUT2D eigenvalue weighted by atomic mass is 19.1. The van der Waals surface area contributed by atoms with E-state index in [0.29, 0.717) is 17.5 Å². The van der Waals surface area contributed by atoms with Gasteiger partial charge in [0, 0.05) is 20.0 Å². The van der Waals surface area contributed by atoms with Crippen molar-refractivity contribution in [3.05, 3.63) is 24.0 Å². The number of carbonyl (C=O) groups is 2. The first kappa shape index (κ1) is 18.0. The summed E-state index contributed by atoms with van der Waals surface area (Å²) in [6.45, 7) is 5.52. The molecule has 1 unspecified atom stereocenters. The smallest absolute Gasteiger partial charge is 0.414 e. The van der Waals surface area contributed by atoms with Crippen LogP contribution in [0.5, 0.6) is 0 Å². The minimum Gasteiger partial charge on any atom is -0.442 e. The lowest BCUT2D eigenvalue weighted by Gasteiger charge is -2.33. The van der Waals surface area contributed by atoms with Gasteiger partial charge in [0.05, 0.1) is 36.2 Å². The van der Waals surface area contributed by atoms with Crippen molar-refractivity contribution in [2.45, 2.75) is 44.5 Å². The van der Waals surface area contributed by atoms with Crippen LogP contribution < -0.4 is 15.1 Å². The van der Waals surface area contributed by atoms with Crippen molar-refractivity contribution < 1.29 is 23.5 Å². The Kier molecular flexibility index (Phi) is 4.46. The summed E-state index contributed by atoms with van der Waals surface area (Å²) in [6, 6.07) is 4.83. The summed E-state index contributed by atoms with van der Waals surface area (Å²) in [5.41, 5.74) is 1.01. The molecule has 2 amide bonds. The molecule has 1 aromatic carbocycles. The van der Waals surface area contributed by atoms with E-state index in [9.17, 15) is 14.0 Å². The monoisotopic (exact) mass is 377 g/mol. The van der Waals surface area contributed by atoms with Gasteiger partial charge in [-0.05, 0) is 38.0 Å². The van der Waals surface area contributed by atoms with E-state index in [0.717, 1.165) is 25.9 Å². The van der Waals surface area contributed by atoms with Crippen LogP contribution in [0.2, 0.25) is 0 Å². The molecule has 3 fully saturated rings. The molecule has 0 radical (unpaired) electrons. The number of carbonyl (C=O) groups excluding carboxylic acids is 2. The molecule has 0 saturated carbocycles. The van der Waals surface area contributed by atoms with Gasteiger partial charge in [0.25, 0.3) is 0 Å². The van der Waals surface area contributed by atoms with Gasteiger partial charge in [-0.2, -0.15) is 0 Å². The number of hydrogen-bond acceptors (Lipinski definition) is 5. The lowest BCUT2D eigenvalue weighted by Crippen LogP contribution is -2.39. The Morgan fingerprint density at radius 1 is 1.37 bits per heavy atom. The number of cyclic esters (lactones) is 1. The van der Waals surface area contributed by atoms with Crippen LogP contribution in [0.3, 0.4) is 0 Å². The van der Waals surface area contributed by atoms with Crippen LogP contribution in [0.1, 0.15) is 26.7 Å². The van der Waals surface area contributed by atoms with Gasteiger partial charge in [-0.25, -0.2) is 9.18 Å². The van der Waals surface area contributed by atoms with Gasteiger partial charge in [-0.3, -0.25) is 9.69 Å². The van der Waals surface area contributed by atoms with E-state index in [2.05, 4.69) is 12.2 Å². The molecule has 4 rings (SSSR count). The quantitative estimate of drug-likeness (QED) is 0.813. The van der Waals surface area contributed by atoms with Crippen molar-refractivity contribution in [1.82, 2.24) is 5.32 Å². The SMILES string of the molecule is CC(=O)NC[C@H]1CN(c2ccc(N3CCC4(CC3)OC4C)c(F)c2)C(=O)O1. The van der Waals surface area contributed by atoms with Crippen LogP contribution in [0, 0.1) is 5.82 Å². The van der Waals surface area contributed by atoms with E-state index in [1.54, 1.807) is 12.1 Å². The molecule has 2 atom stereocenters. The molecular weight excluding hydrogens is 353 g/mol. The number of nitrogens with zero attached hydrogens (tertiary/aromatic N) is 2. The minimum atomic E-state index is -0.530. The predicted octanol–water partition coefficient (Wildman–Crippen LogP) is 2.04. The van der Waals surface area contributed by atoms with Crippen molar-refractivity contribution in [1.29, 1.82) is 0 Å². The van der Waals surface area contributed by atoms with E-state index in [1.165, 1.54) is 17.9 Å². The Labute approximate surface area is 157 Å². The highest BCUT2D eigenvalue weighted by molar-refractivity contribution is 5.90. The molecule has 7 nitrogen and oxygen atoms in total. The van der Waals surface area contributed by atoms with Gasteiger partial charge < -0.3 is 19.7 Å². The molecular formula is C19H24FN3O4. The van der Waals surface area contributed by atoms with E-state index in [4.69, 9.17) is 9.47 Å². The number of halogens is 1. The van der Waals surface area contributed by atoms with E-state index < -0.39 is 12.2 Å². The Morgan fingerprint density at radius 3 is 2.67 bits per heavy atom. The Balaban J connectivity index is 1.41. The summed E-state index contributed by atoms with van der Waals surface area (Å²) in [4.78, 5) is 26.5. The zero-order valence-corrected chi connectivity index (χ0v) is 15.5. The first-order valence-corrected chi connectivity index (χ1v) is 9.33. The highest BCUT2D eigenvalue weighted by Crippen LogP contribution is 2.45. The number of hydrogen-bond donors (Lipinski definition) is 1. The molecule has 1 spiro atoms. The van der Waals surface area contributed by atoms with Crippen molar-refractivity contribution in [2.75, 3.05) is 36.0 Å². The molecule has 0 bridgehead atoms. The van der Waals surface area contributed by atoms with Crippen molar-refractivity contribution >= 4 is 23.4 Å². The summed E-state index contributed by atoms with van der Waals surface area (Å²) in [5, 5.41) is 2.62. The second-order valence-electron chi connectivity index (χ2n) is 7.50. The topological polar surface area (TPSA) is 74.4 Å². The van der Waals surface area contributed by atoms with Crippen LogP contribution >= 0.6 is 0 Å². The van der Waals surface area contributed by atoms with Crippen molar-refractivity contribution in [2.24, 2.45) is 0 Å². The normalized spacial score (nSPS) is 26.3. The number of benzene rings is 1. The molecule has 146 valence electrons. The molecule has 3 saturated heterocycles. The third-order valence-electron chi connectivity index (χ3n) is 5.74. The summed E-state index contributed by atoms with van der Waals surface area (Å²) < 4.78 is 25.7. The first-order valence-electron chi connectivity index (χ1n) is 9.33. The molecule has 3 aliphatic rings. The maximum absolute atomic E-state index is 14.7. The predicted molar refractivity (Wildman–Crippen MR) is 97.4 cm³/mol. The maximum atomic E-state index is 14.7. The summed E-state index contributed by atoms with van der Waals surface area (Å²) >= 11 is 0. The van der Waals surface area contributed by atoms with Gasteiger partial charge in [-0.15, -0.1) is 0 Å². The highest BCUT2D eigenvalue weighted by Gasteiger charge is 2.54. The van der Waals surface area contributed by atoms with Crippen LogP contribution in [0.15, 0.2) is 18.2 Å². The van der Waals surface area contributed by atoms with Crippen LogP contribution in [0.4, 0.5) is 20.6 Å². The molecule has 1 aromatic rings. The van der Waals surface area contributed by atoms with E-state index in [1.807, 2.05) is 4.90 Å². The van der Waals surface area contributed by atoms with E-state index >= 15 is 0 Å². The lowest BCUT2D eigenvalue weighted by atomic mass is 9.93. The Bertz CT molecular complexity index is 763. The summed E-state index contributed by atoms with van der Waals surface area (Å²) in [6.07, 6.45) is 1.14. The van der Waals surface area contributed by atoms with Gasteiger partial charge >= 0.3 is 6.09 Å². The fourth-order valence-corrected chi connectivity index (χ4v) is 3.98. The second-order valence-corrected chi connectivity index (χ2v) is 7.50. The fraction of sp³-hybridized carbons (Fsp3) is 0.579. The van der Waals surface area contributed by atoms with Crippen LogP contribution in [0.25, 0.3) is 0 Å². The standard InChI is InChI=1S/C19H24FN3O4/c1-12-19(27-12)5-7-22(8-6-19)17-4-3-14(9-16(17)20)23-11-15(26-18(23)25)10-21-13(2)24/h3-4,9,12,15H,5-8,10-11H2,1-2H3,(H,21,24)/t12?,15-/m0/s1. The maximum Gasteiger partial charge on any atom is 0.414 e. The fourth-order valence-electron chi connectivity index (χ4n) is 3.98. The minimum absolute atomic E-state index is 0.00907. The second kappa shape index (κ2) is 6.67. The van der Waals surface area contributed by atoms with Gasteiger partial charge in [0.2, 0.25) is 5.91 Å². The van der Waals surface area contributed by atoms with Crippen LogP contribution in [-0.4, -0.2) is 56.0 Å². The zero-order valence-electron chi connectivity index (χ0n) is 15.5. The average Bonchev–Trinajstić information content (AvgIpc) is 3.08. The first-order chi connectivity index (χ1) is 12.9. The number of piperidine rings is 1. The Hall–Kier alpha value is -2.35. The lowest BCUT2D eigenvalue weighted by molar-refractivity contribution is -0.119. The van der Waals surface area contributed by atoms with Gasteiger partial charge in [0.15, 0.2) is 0 Å². The molecule has 1 N–H and O–H groups in total. The summed E-state index contributed by atoms with van der Waals surface area (Å²) in [5.74, 6) is -0.541. The van der Waals surface area contributed by atoms with Crippen molar-refractivity contribution in [3.8, 4) is 0 Å².